The Hall–Kier alpha value is -0.800. The van der Waals surface area contributed by atoms with E-state index >= 15 is 0 Å². The van der Waals surface area contributed by atoms with Gasteiger partial charge in [0.25, 0.3) is 0 Å². The minimum absolute atomic E-state index is 0.0290. The zero-order chi connectivity index (χ0) is 9.83. The molecule has 0 bridgehead atoms. The van der Waals surface area contributed by atoms with Crippen LogP contribution in [0.4, 0.5) is 8.78 Å². The second kappa shape index (κ2) is 3.74. The van der Waals surface area contributed by atoms with E-state index in [4.69, 9.17) is 0 Å². The molecule has 0 heterocycles. The Morgan fingerprint density at radius 3 is 1.58 bits per heavy atom. The lowest BCUT2D eigenvalue weighted by atomic mass is 9.78. The van der Waals surface area contributed by atoms with E-state index in [1.807, 2.05) is 0 Å². The fourth-order valence-electron chi connectivity index (χ4n) is 1.08. The Bertz CT molecular complexity index is 174. The zero-order valence-corrected chi connectivity index (χ0v) is 7.14. The van der Waals surface area contributed by atoms with Crippen LogP contribution in [0.3, 0.4) is 0 Å². The highest BCUT2D eigenvalue weighted by Gasteiger charge is 2.51. The molecule has 4 heteroatoms. The average Bonchev–Trinajstić information content (AvgIpc) is 2.08. The van der Waals surface area contributed by atoms with Crippen molar-refractivity contribution in [1.29, 1.82) is 0 Å². The molecule has 0 aromatic carbocycles. The van der Waals surface area contributed by atoms with Gasteiger partial charge >= 0.3 is 5.92 Å². The fraction of sp³-hybridized carbons (Fsp3) is 0.750. The highest BCUT2D eigenvalue weighted by Crippen LogP contribution is 2.39. The molecule has 0 saturated heterocycles. The van der Waals surface area contributed by atoms with Crippen LogP contribution < -0.4 is 0 Å². The van der Waals surface area contributed by atoms with E-state index < -0.39 is 17.6 Å². The molecule has 0 unspecified atom stereocenters. The molecule has 0 aliphatic rings. The second-order valence-corrected chi connectivity index (χ2v) is 2.72. The first-order chi connectivity index (χ1) is 5.49. The van der Waals surface area contributed by atoms with Gasteiger partial charge in [0, 0.05) is 0 Å². The van der Waals surface area contributed by atoms with Gasteiger partial charge in [0.05, 0.1) is 5.41 Å². The van der Waals surface area contributed by atoms with Crippen molar-refractivity contribution in [3.05, 3.63) is 0 Å². The summed E-state index contributed by atoms with van der Waals surface area (Å²) in [5, 5.41) is 0. The number of hydrogen-bond donors (Lipinski definition) is 0. The SMILES string of the molecule is CCC(C=O)(CC)C(F)(F)C=O. The summed E-state index contributed by atoms with van der Waals surface area (Å²) in [5.74, 6) is -3.54. The van der Waals surface area contributed by atoms with E-state index in [0.29, 0.717) is 0 Å². The average molecular weight is 178 g/mol. The lowest BCUT2D eigenvalue weighted by Crippen LogP contribution is -2.43. The van der Waals surface area contributed by atoms with Gasteiger partial charge in [-0.25, -0.2) is 0 Å². The zero-order valence-electron chi connectivity index (χ0n) is 7.14. The Labute approximate surface area is 69.9 Å². The van der Waals surface area contributed by atoms with Gasteiger partial charge in [-0.1, -0.05) is 13.8 Å². The standard InChI is InChI=1S/C8H12F2O2/c1-3-7(4-2,5-11)8(9,10)6-12/h5-6H,3-4H2,1-2H3. The lowest BCUT2D eigenvalue weighted by Gasteiger charge is -2.29. The molecule has 0 aliphatic carbocycles. The van der Waals surface area contributed by atoms with Crippen LogP contribution in [0.15, 0.2) is 0 Å². The molecular formula is C8H12F2O2. The molecule has 0 aromatic rings. The van der Waals surface area contributed by atoms with Crippen molar-refractivity contribution in [3.8, 4) is 0 Å². The molecule has 2 nitrogen and oxygen atoms in total. The number of hydrogen-bond acceptors (Lipinski definition) is 2. The summed E-state index contributed by atoms with van der Waals surface area (Å²) >= 11 is 0. The minimum Gasteiger partial charge on any atom is -0.303 e. The molecule has 0 saturated carbocycles. The molecule has 0 fully saturated rings. The summed E-state index contributed by atoms with van der Waals surface area (Å²) in [6.45, 7) is 2.94. The Kier molecular flexibility index (Phi) is 3.49. The Morgan fingerprint density at radius 2 is 1.50 bits per heavy atom. The third kappa shape index (κ3) is 1.52. The summed E-state index contributed by atoms with van der Waals surface area (Å²) in [6.07, 6.45) is -0.326. The van der Waals surface area contributed by atoms with Crippen molar-refractivity contribution >= 4 is 12.6 Å². The van der Waals surface area contributed by atoms with Crippen LogP contribution in [0, 0.1) is 5.41 Å². The maximum atomic E-state index is 12.9. The molecule has 0 atom stereocenters. The van der Waals surface area contributed by atoms with Crippen LogP contribution in [0.25, 0.3) is 0 Å². The van der Waals surface area contributed by atoms with Crippen molar-refractivity contribution in [2.24, 2.45) is 5.41 Å². The van der Waals surface area contributed by atoms with Crippen molar-refractivity contribution in [1.82, 2.24) is 0 Å². The first-order valence-electron chi connectivity index (χ1n) is 3.80. The Balaban J connectivity index is 4.94. The summed E-state index contributed by atoms with van der Waals surface area (Å²) in [6, 6.07) is 0. The van der Waals surface area contributed by atoms with E-state index in [-0.39, 0.29) is 19.1 Å². The van der Waals surface area contributed by atoms with E-state index in [2.05, 4.69) is 0 Å². The number of aldehydes is 2. The van der Waals surface area contributed by atoms with Gasteiger partial charge in [-0.3, -0.25) is 4.79 Å². The first-order valence-corrected chi connectivity index (χ1v) is 3.80. The number of carbonyl (C=O) groups excluding carboxylic acids is 2. The van der Waals surface area contributed by atoms with Crippen LogP contribution in [0.5, 0.6) is 0 Å². The second-order valence-electron chi connectivity index (χ2n) is 2.72. The van der Waals surface area contributed by atoms with Crippen molar-refractivity contribution in [2.45, 2.75) is 32.6 Å². The molecule has 0 rings (SSSR count). The van der Waals surface area contributed by atoms with Gasteiger partial charge < -0.3 is 4.79 Å². The molecule has 12 heavy (non-hydrogen) atoms. The monoisotopic (exact) mass is 178 g/mol. The largest absolute Gasteiger partial charge is 0.314 e. The van der Waals surface area contributed by atoms with Crippen LogP contribution in [-0.2, 0) is 9.59 Å². The van der Waals surface area contributed by atoms with E-state index in [9.17, 15) is 18.4 Å². The molecule has 0 spiro atoms. The molecule has 0 radical (unpaired) electrons. The van der Waals surface area contributed by atoms with Gasteiger partial charge in [-0.2, -0.15) is 8.78 Å². The number of carbonyl (C=O) groups is 2. The number of rotatable bonds is 5. The lowest BCUT2D eigenvalue weighted by molar-refractivity contribution is -0.159. The van der Waals surface area contributed by atoms with E-state index in [1.54, 1.807) is 0 Å². The number of alkyl halides is 2. The minimum atomic E-state index is -3.54. The molecule has 0 amide bonds. The van der Waals surface area contributed by atoms with Gasteiger partial charge in [0.15, 0.2) is 6.29 Å². The van der Waals surface area contributed by atoms with Crippen LogP contribution >= 0.6 is 0 Å². The third-order valence-electron chi connectivity index (χ3n) is 2.30. The maximum absolute atomic E-state index is 12.9. The summed E-state index contributed by atoms with van der Waals surface area (Å²) in [4.78, 5) is 20.5. The molecular weight excluding hydrogens is 166 g/mol. The molecule has 70 valence electrons. The highest BCUT2D eigenvalue weighted by atomic mass is 19.3. The highest BCUT2D eigenvalue weighted by molar-refractivity contribution is 5.73. The maximum Gasteiger partial charge on any atom is 0.314 e. The van der Waals surface area contributed by atoms with E-state index in [0.717, 1.165) is 0 Å². The molecule has 0 aromatic heterocycles. The van der Waals surface area contributed by atoms with Crippen LogP contribution in [-0.4, -0.2) is 18.5 Å². The topological polar surface area (TPSA) is 34.1 Å². The van der Waals surface area contributed by atoms with Crippen molar-refractivity contribution < 1.29 is 18.4 Å². The predicted molar refractivity (Wildman–Crippen MR) is 40.1 cm³/mol. The normalized spacial score (nSPS) is 12.7. The summed E-state index contributed by atoms with van der Waals surface area (Å²) in [7, 11) is 0. The van der Waals surface area contributed by atoms with E-state index in [1.165, 1.54) is 13.8 Å². The first kappa shape index (κ1) is 11.2. The molecule has 0 aliphatic heterocycles. The quantitative estimate of drug-likeness (QED) is 0.602. The summed E-state index contributed by atoms with van der Waals surface area (Å²) in [5.41, 5.74) is -1.81. The smallest absolute Gasteiger partial charge is 0.303 e. The van der Waals surface area contributed by atoms with Crippen molar-refractivity contribution in [3.63, 3.8) is 0 Å². The predicted octanol–water partition coefficient (Wildman–Crippen LogP) is 1.83. The Morgan fingerprint density at radius 1 is 1.08 bits per heavy atom. The van der Waals surface area contributed by atoms with Crippen LogP contribution in [0.1, 0.15) is 26.7 Å². The van der Waals surface area contributed by atoms with Crippen molar-refractivity contribution in [2.75, 3.05) is 0 Å². The third-order valence-corrected chi connectivity index (χ3v) is 2.30. The van der Waals surface area contributed by atoms with Gasteiger partial charge in [-0.05, 0) is 12.8 Å². The fourth-order valence-corrected chi connectivity index (χ4v) is 1.08. The summed E-state index contributed by atoms with van der Waals surface area (Å²) < 4.78 is 25.7. The van der Waals surface area contributed by atoms with Gasteiger partial charge in [0.1, 0.15) is 6.29 Å². The molecule has 0 N–H and O–H groups in total. The van der Waals surface area contributed by atoms with Gasteiger partial charge in [-0.15, -0.1) is 0 Å². The van der Waals surface area contributed by atoms with Crippen LogP contribution in [0.2, 0.25) is 0 Å². The number of halogens is 2. The van der Waals surface area contributed by atoms with Gasteiger partial charge in [0.2, 0.25) is 0 Å².